The second-order valence-corrected chi connectivity index (χ2v) is 6.31. The summed E-state index contributed by atoms with van der Waals surface area (Å²) in [5, 5.41) is 3.59. The molecular formula is C14H31N3. The Morgan fingerprint density at radius 2 is 2.00 bits per heavy atom. The summed E-state index contributed by atoms with van der Waals surface area (Å²) in [6.45, 7) is 13.0. The molecule has 0 aliphatic carbocycles. The molecule has 17 heavy (non-hydrogen) atoms. The van der Waals surface area contributed by atoms with Gasteiger partial charge in [0.1, 0.15) is 0 Å². The predicted octanol–water partition coefficient (Wildman–Crippen LogP) is 1.50. The van der Waals surface area contributed by atoms with E-state index in [4.69, 9.17) is 0 Å². The van der Waals surface area contributed by atoms with E-state index < -0.39 is 0 Å². The minimum Gasteiger partial charge on any atom is -0.316 e. The normalized spacial score (nSPS) is 23.8. The first-order chi connectivity index (χ1) is 7.99. The number of hydrogen-bond acceptors (Lipinski definition) is 3. The molecule has 0 aromatic heterocycles. The third kappa shape index (κ3) is 5.84. The van der Waals surface area contributed by atoms with Crippen molar-refractivity contribution in [1.29, 1.82) is 0 Å². The van der Waals surface area contributed by atoms with Crippen molar-refractivity contribution < 1.29 is 0 Å². The Morgan fingerprint density at radius 1 is 1.29 bits per heavy atom. The van der Waals surface area contributed by atoms with Crippen molar-refractivity contribution in [1.82, 2.24) is 15.1 Å². The van der Waals surface area contributed by atoms with Crippen LogP contribution >= 0.6 is 0 Å². The van der Waals surface area contributed by atoms with Crippen LogP contribution in [-0.2, 0) is 0 Å². The molecule has 0 bridgehead atoms. The summed E-state index contributed by atoms with van der Waals surface area (Å²) in [6.07, 6.45) is 1.36. The quantitative estimate of drug-likeness (QED) is 0.729. The average Bonchev–Trinajstić information content (AvgIpc) is 2.64. The van der Waals surface area contributed by atoms with Crippen molar-refractivity contribution >= 4 is 0 Å². The Kier molecular flexibility index (Phi) is 6.45. The number of nitrogens with zero attached hydrogens (tertiary/aromatic N) is 2. The van der Waals surface area contributed by atoms with E-state index in [1.807, 2.05) is 0 Å². The van der Waals surface area contributed by atoms with Gasteiger partial charge in [-0.1, -0.05) is 13.8 Å². The monoisotopic (exact) mass is 241 g/mol. The molecule has 1 aliphatic rings. The second-order valence-electron chi connectivity index (χ2n) is 6.31. The maximum atomic E-state index is 3.59. The third-order valence-electron chi connectivity index (χ3n) is 3.56. The molecule has 2 unspecified atom stereocenters. The van der Waals surface area contributed by atoms with Crippen LogP contribution in [0.2, 0.25) is 0 Å². The van der Waals surface area contributed by atoms with E-state index in [9.17, 15) is 0 Å². The zero-order valence-electron chi connectivity index (χ0n) is 12.4. The summed E-state index contributed by atoms with van der Waals surface area (Å²) >= 11 is 0. The van der Waals surface area contributed by atoms with Gasteiger partial charge in [0.2, 0.25) is 0 Å². The van der Waals surface area contributed by atoms with Crippen LogP contribution in [0.3, 0.4) is 0 Å². The van der Waals surface area contributed by atoms with Crippen LogP contribution in [0.15, 0.2) is 0 Å². The van der Waals surface area contributed by atoms with E-state index in [1.54, 1.807) is 0 Å². The van der Waals surface area contributed by atoms with Crippen LogP contribution in [0.4, 0.5) is 0 Å². The van der Waals surface area contributed by atoms with Gasteiger partial charge in [-0.3, -0.25) is 4.90 Å². The van der Waals surface area contributed by atoms with E-state index in [2.05, 4.69) is 50.0 Å². The highest BCUT2D eigenvalue weighted by molar-refractivity contribution is 4.81. The van der Waals surface area contributed by atoms with E-state index in [-0.39, 0.29) is 0 Å². The molecule has 0 amide bonds. The molecule has 1 fully saturated rings. The lowest BCUT2D eigenvalue weighted by Crippen LogP contribution is -2.39. The Balaban J connectivity index is 2.18. The van der Waals surface area contributed by atoms with Crippen LogP contribution in [0.1, 0.15) is 27.2 Å². The van der Waals surface area contributed by atoms with Crippen molar-refractivity contribution in [3.8, 4) is 0 Å². The highest BCUT2D eigenvalue weighted by atomic mass is 15.2. The highest BCUT2D eigenvalue weighted by Gasteiger charge is 2.25. The topological polar surface area (TPSA) is 18.5 Å². The fourth-order valence-corrected chi connectivity index (χ4v) is 2.65. The van der Waals surface area contributed by atoms with Crippen LogP contribution in [0.25, 0.3) is 0 Å². The molecule has 0 radical (unpaired) electrons. The molecule has 0 aromatic carbocycles. The molecular weight excluding hydrogens is 210 g/mol. The fourth-order valence-electron chi connectivity index (χ4n) is 2.65. The first-order valence-electron chi connectivity index (χ1n) is 7.08. The summed E-state index contributed by atoms with van der Waals surface area (Å²) < 4.78 is 0. The maximum absolute atomic E-state index is 3.59. The van der Waals surface area contributed by atoms with Crippen molar-refractivity contribution in [3.63, 3.8) is 0 Å². The zero-order valence-corrected chi connectivity index (χ0v) is 12.4. The van der Waals surface area contributed by atoms with Crippen LogP contribution in [0.5, 0.6) is 0 Å². The zero-order chi connectivity index (χ0) is 12.8. The Labute approximate surface area is 108 Å². The molecule has 3 nitrogen and oxygen atoms in total. The lowest BCUT2D eigenvalue weighted by Gasteiger charge is -2.27. The van der Waals surface area contributed by atoms with Gasteiger partial charge in [0.15, 0.2) is 0 Å². The van der Waals surface area contributed by atoms with Gasteiger partial charge in [-0.25, -0.2) is 0 Å². The summed E-state index contributed by atoms with van der Waals surface area (Å²) in [5.74, 6) is 1.62. The van der Waals surface area contributed by atoms with Gasteiger partial charge in [0, 0.05) is 19.1 Å². The average molecular weight is 241 g/mol. The van der Waals surface area contributed by atoms with Gasteiger partial charge in [0.05, 0.1) is 0 Å². The van der Waals surface area contributed by atoms with Gasteiger partial charge in [-0.2, -0.15) is 0 Å². The smallest absolute Gasteiger partial charge is 0.0194 e. The molecule has 3 heteroatoms. The first-order valence-corrected chi connectivity index (χ1v) is 7.08. The van der Waals surface area contributed by atoms with Crippen molar-refractivity contribution in [2.75, 3.05) is 46.8 Å². The fraction of sp³-hybridized carbons (Fsp3) is 1.00. The summed E-state index contributed by atoms with van der Waals surface area (Å²) in [6, 6.07) is 0.695. The molecule has 2 atom stereocenters. The summed E-state index contributed by atoms with van der Waals surface area (Å²) in [5.41, 5.74) is 0. The van der Waals surface area contributed by atoms with Gasteiger partial charge in [0.25, 0.3) is 0 Å². The van der Waals surface area contributed by atoms with E-state index >= 15 is 0 Å². The SMILES string of the molecule is CC(C)CNCC1CCN(C(C)CN(C)C)C1. The van der Waals surface area contributed by atoms with Crippen molar-refractivity contribution in [2.24, 2.45) is 11.8 Å². The molecule has 102 valence electrons. The van der Waals surface area contributed by atoms with Gasteiger partial charge in [-0.05, 0) is 58.9 Å². The third-order valence-corrected chi connectivity index (χ3v) is 3.56. The number of likely N-dealkylation sites (N-methyl/N-ethyl adjacent to an activating group) is 1. The highest BCUT2D eigenvalue weighted by Crippen LogP contribution is 2.18. The van der Waals surface area contributed by atoms with E-state index in [0.29, 0.717) is 6.04 Å². The predicted molar refractivity (Wildman–Crippen MR) is 75.4 cm³/mol. The van der Waals surface area contributed by atoms with E-state index in [0.717, 1.165) is 18.4 Å². The molecule has 0 saturated carbocycles. The molecule has 1 aliphatic heterocycles. The lowest BCUT2D eigenvalue weighted by molar-refractivity contribution is 0.202. The minimum absolute atomic E-state index is 0.695. The number of likely N-dealkylation sites (tertiary alicyclic amines) is 1. The van der Waals surface area contributed by atoms with Gasteiger partial charge < -0.3 is 10.2 Å². The summed E-state index contributed by atoms with van der Waals surface area (Å²) in [4.78, 5) is 4.93. The number of rotatable bonds is 7. The Bertz CT molecular complexity index is 204. The first kappa shape index (κ1) is 14.9. The van der Waals surface area contributed by atoms with Crippen molar-refractivity contribution in [2.45, 2.75) is 33.2 Å². The van der Waals surface area contributed by atoms with Crippen LogP contribution < -0.4 is 5.32 Å². The van der Waals surface area contributed by atoms with Crippen molar-refractivity contribution in [3.05, 3.63) is 0 Å². The van der Waals surface area contributed by atoms with E-state index in [1.165, 1.54) is 32.6 Å². The largest absolute Gasteiger partial charge is 0.316 e. The maximum Gasteiger partial charge on any atom is 0.0194 e. The molecule has 0 spiro atoms. The molecule has 1 rings (SSSR count). The second kappa shape index (κ2) is 7.34. The number of nitrogens with one attached hydrogen (secondary N) is 1. The lowest BCUT2D eigenvalue weighted by atomic mass is 10.1. The van der Waals surface area contributed by atoms with Gasteiger partial charge >= 0.3 is 0 Å². The Hall–Kier alpha value is -0.120. The summed E-state index contributed by atoms with van der Waals surface area (Å²) in [7, 11) is 4.32. The molecule has 1 saturated heterocycles. The Morgan fingerprint density at radius 3 is 2.59 bits per heavy atom. The standard InChI is InChI=1S/C14H31N3/c1-12(2)8-15-9-14-6-7-17(11-14)13(3)10-16(4)5/h12-15H,6-11H2,1-5H3. The number of hydrogen-bond donors (Lipinski definition) is 1. The molecule has 0 aromatic rings. The van der Waals surface area contributed by atoms with Crippen LogP contribution in [-0.4, -0.2) is 62.7 Å². The molecule has 1 heterocycles. The van der Waals surface area contributed by atoms with Crippen LogP contribution in [0, 0.1) is 11.8 Å². The van der Waals surface area contributed by atoms with Gasteiger partial charge in [-0.15, -0.1) is 0 Å². The molecule has 1 N–H and O–H groups in total. The minimum atomic E-state index is 0.695.